The van der Waals surface area contributed by atoms with Crippen LogP contribution in [-0.4, -0.2) is 85.6 Å². The van der Waals surface area contributed by atoms with Crippen LogP contribution in [0.1, 0.15) is 6.42 Å². The molecule has 1 atom stereocenters. The van der Waals surface area contributed by atoms with Crippen molar-refractivity contribution in [3.8, 4) is 0 Å². The van der Waals surface area contributed by atoms with E-state index in [9.17, 15) is 53.4 Å². The molecule has 0 rings (SSSR count). The van der Waals surface area contributed by atoms with Gasteiger partial charge in [0, 0.05) is 3.39 Å². The Morgan fingerprint density at radius 2 is 1.28 bits per heavy atom. The molecule has 0 spiro atoms. The fourth-order valence-corrected chi connectivity index (χ4v) is 4.20. The number of rotatable bonds is 6. The van der Waals surface area contributed by atoms with Gasteiger partial charge in [0.1, 0.15) is 19.1 Å². The summed E-state index contributed by atoms with van der Waals surface area (Å²) in [6, 6.07) is 0. The van der Waals surface area contributed by atoms with E-state index in [0.29, 0.717) is 0 Å². The maximum Gasteiger partial charge on any atom is 0.561 e. The van der Waals surface area contributed by atoms with E-state index in [4.69, 9.17) is 0 Å². The molecule has 0 fully saturated rings. The molecule has 25 heavy (non-hydrogen) atoms. The van der Waals surface area contributed by atoms with E-state index >= 15 is 0 Å². The monoisotopic (exact) mass is 426 g/mol. The number of sulfonamides is 2. The summed E-state index contributed by atoms with van der Waals surface area (Å²) >= 11 is 0. The van der Waals surface area contributed by atoms with Gasteiger partial charge in [0.15, 0.2) is 0 Å². The maximum absolute atomic E-state index is 12.5. The van der Waals surface area contributed by atoms with Crippen molar-refractivity contribution in [2.45, 2.75) is 23.5 Å². The lowest BCUT2D eigenvalue weighted by atomic mass is 10.2. The molecule has 0 aliphatic heterocycles. The highest BCUT2D eigenvalue weighted by atomic mass is 32.3. The Labute approximate surface area is 139 Å². The first-order valence-corrected chi connectivity index (χ1v) is 8.99. The number of hydrogen-bond acceptors (Lipinski definition) is 5. The zero-order valence-corrected chi connectivity index (χ0v) is 14.6. The highest BCUT2D eigenvalue weighted by Crippen LogP contribution is 2.32. The summed E-state index contributed by atoms with van der Waals surface area (Å²) in [4.78, 5) is 0. The lowest BCUT2D eigenvalue weighted by Crippen LogP contribution is -2.48. The van der Waals surface area contributed by atoms with Gasteiger partial charge in [0.2, 0.25) is 0 Å². The molecule has 8 nitrogen and oxygen atoms in total. The number of quaternary nitrogens is 1. The summed E-state index contributed by atoms with van der Waals surface area (Å²) in [5.74, 6) is -2.34. The molecule has 0 amide bonds. The van der Waals surface area contributed by atoms with Crippen LogP contribution in [0.5, 0.6) is 0 Å². The number of nitrogens with zero attached hydrogens (tertiary/aromatic N) is 2. The average Bonchev–Trinajstić information content (AvgIpc) is 2.20. The van der Waals surface area contributed by atoms with Crippen LogP contribution in [0.2, 0.25) is 0 Å². The first kappa shape index (κ1) is 23.9. The molecule has 0 heterocycles. The Hall–Kier alpha value is -1.13. The van der Waals surface area contributed by atoms with Crippen LogP contribution in [-0.2, 0) is 20.0 Å². The normalized spacial score (nSPS) is 15.8. The highest BCUT2D eigenvalue weighted by molar-refractivity contribution is 7.98. The minimum atomic E-state index is -7.15. The zero-order chi connectivity index (χ0) is 20.6. The van der Waals surface area contributed by atoms with E-state index in [2.05, 4.69) is 0 Å². The van der Waals surface area contributed by atoms with E-state index in [1.165, 1.54) is 21.1 Å². The zero-order valence-electron chi connectivity index (χ0n) is 13.0. The van der Waals surface area contributed by atoms with Crippen LogP contribution < -0.4 is 0 Å². The predicted molar refractivity (Wildman–Crippen MR) is 71.4 cm³/mol. The van der Waals surface area contributed by atoms with Crippen LogP contribution in [0.3, 0.4) is 0 Å². The molecule has 0 aliphatic carbocycles. The van der Waals surface area contributed by atoms with E-state index < -0.39 is 52.9 Å². The van der Waals surface area contributed by atoms with Crippen molar-refractivity contribution in [1.29, 1.82) is 0 Å². The third-order valence-electron chi connectivity index (χ3n) is 2.41. The Bertz CT molecular complexity index is 686. The molecule has 0 saturated heterocycles. The van der Waals surface area contributed by atoms with Crippen molar-refractivity contribution >= 4 is 25.9 Å². The average molecular weight is 426 g/mol. The lowest BCUT2D eigenvalue weighted by Gasteiger charge is -2.26. The van der Waals surface area contributed by atoms with Gasteiger partial charge in [-0.3, -0.25) is 0 Å². The smallest absolute Gasteiger partial charge is 0.462 e. The van der Waals surface area contributed by atoms with Crippen LogP contribution in [0.25, 0.3) is 0 Å². The number of halogens is 6. The third-order valence-corrected chi connectivity index (χ3v) is 6.05. The maximum atomic E-state index is 12.5. The molecule has 0 aromatic rings. The Morgan fingerprint density at radius 1 is 0.960 bits per heavy atom. The molecule has 150 valence electrons. The third kappa shape index (κ3) is 5.68. The molecule has 0 aliphatic rings. The van der Waals surface area contributed by atoms with Gasteiger partial charge in [0.05, 0.1) is 21.1 Å². The standard InChI is InChI=1S/C9H15F6N2O6S2/c1-17(2,3)5-6(18)4-7(19)16(24(20,21)8(10,11)12)25(22,23)9(13,14)15/h6,18H,4-5H2,1-3H3/q+1/p+1. The number of aliphatic hydroxyl groups excluding tert-OH is 2. The van der Waals surface area contributed by atoms with E-state index in [1.807, 2.05) is 0 Å². The van der Waals surface area contributed by atoms with Crippen LogP contribution in [0, 0.1) is 0 Å². The molecular formula is C9H16F6N2O6S2+2. The van der Waals surface area contributed by atoms with Crippen LogP contribution in [0.15, 0.2) is 0 Å². The Balaban J connectivity index is 6.45. The van der Waals surface area contributed by atoms with Crippen LogP contribution >= 0.6 is 0 Å². The largest absolute Gasteiger partial charge is 0.561 e. The summed E-state index contributed by atoms with van der Waals surface area (Å²) in [5, 5.41) is 19.0. The summed E-state index contributed by atoms with van der Waals surface area (Å²) in [6.45, 7) is -0.351. The van der Waals surface area contributed by atoms with Gasteiger partial charge in [0.25, 0.3) is 0 Å². The molecule has 0 bridgehead atoms. The molecule has 0 aromatic carbocycles. The molecular weight excluding hydrogens is 410 g/mol. The summed E-state index contributed by atoms with van der Waals surface area (Å²) in [5.41, 5.74) is -12.9. The van der Waals surface area contributed by atoms with E-state index in [1.54, 1.807) is 0 Å². The fourth-order valence-electron chi connectivity index (χ4n) is 1.58. The van der Waals surface area contributed by atoms with E-state index in [0.717, 1.165) is 0 Å². The van der Waals surface area contributed by atoms with Gasteiger partial charge < -0.3 is 14.7 Å². The second kappa shape index (κ2) is 6.88. The molecule has 0 radical (unpaired) electrons. The molecule has 16 heteroatoms. The summed E-state index contributed by atoms with van der Waals surface area (Å²) < 4.78 is 118. The lowest BCUT2D eigenvalue weighted by molar-refractivity contribution is -0.873. The van der Waals surface area contributed by atoms with Crippen molar-refractivity contribution < 1.29 is 61.3 Å². The number of likely N-dealkylation sites (N-methyl/N-ethyl adjacent to an activating group) is 1. The topological polar surface area (TPSA) is 112 Å². The first-order valence-electron chi connectivity index (χ1n) is 6.11. The summed E-state index contributed by atoms with van der Waals surface area (Å²) in [6.07, 6.45) is -3.32. The van der Waals surface area contributed by atoms with Gasteiger partial charge in [-0.05, 0) is 0 Å². The first-order chi connectivity index (χ1) is 10.6. The second-order valence-corrected chi connectivity index (χ2v) is 9.63. The van der Waals surface area contributed by atoms with Crippen LogP contribution in [0.4, 0.5) is 26.3 Å². The number of aliphatic hydroxyl groups is 2. The molecule has 1 unspecified atom stereocenters. The number of alkyl halides is 6. The SMILES string of the molecule is C[N+](C)(C)CC(O)CC(O)=[N+](S(=O)(=O)C(F)(F)F)S(=O)(=O)C(F)(F)F. The van der Waals surface area contributed by atoms with Gasteiger partial charge in [-0.2, -0.15) is 43.2 Å². The van der Waals surface area contributed by atoms with Gasteiger partial charge in [-0.1, -0.05) is 0 Å². The fraction of sp³-hybridized carbons (Fsp3) is 0.889. The summed E-state index contributed by atoms with van der Waals surface area (Å²) in [7, 11) is -9.93. The van der Waals surface area contributed by atoms with Crippen molar-refractivity contribution in [1.82, 2.24) is 0 Å². The molecule has 2 N–H and O–H groups in total. The number of hydrogen-bond donors (Lipinski definition) is 2. The quantitative estimate of drug-likeness (QED) is 0.205. The van der Waals surface area contributed by atoms with Gasteiger partial charge >= 0.3 is 37.0 Å². The minimum Gasteiger partial charge on any atom is -0.462 e. The Kier molecular flexibility index (Phi) is 6.57. The van der Waals surface area contributed by atoms with Crippen molar-refractivity contribution in [2.24, 2.45) is 0 Å². The Morgan fingerprint density at radius 3 is 1.52 bits per heavy atom. The van der Waals surface area contributed by atoms with E-state index in [-0.39, 0.29) is 11.0 Å². The van der Waals surface area contributed by atoms with Crippen molar-refractivity contribution in [3.63, 3.8) is 0 Å². The predicted octanol–water partition coefficient (Wildman–Crippen LogP) is 0.112. The molecule has 0 aromatic heterocycles. The van der Waals surface area contributed by atoms with Gasteiger partial charge in [-0.25, -0.2) is 0 Å². The van der Waals surface area contributed by atoms with Gasteiger partial charge in [-0.15, -0.1) is 0 Å². The minimum absolute atomic E-state index is 0.0769. The van der Waals surface area contributed by atoms with Crippen molar-refractivity contribution in [3.05, 3.63) is 0 Å². The van der Waals surface area contributed by atoms with Crippen molar-refractivity contribution in [2.75, 3.05) is 27.7 Å². The second-order valence-electron chi connectivity index (χ2n) is 5.85. The highest BCUT2D eigenvalue weighted by Gasteiger charge is 2.68. The molecule has 0 saturated carbocycles.